The average Bonchev–Trinajstić information content (AvgIpc) is 3.18. The molecule has 1 aliphatic rings. The van der Waals surface area contributed by atoms with E-state index in [1.807, 2.05) is 36.4 Å². The van der Waals surface area contributed by atoms with Crippen molar-refractivity contribution >= 4 is 45.5 Å². The maximum absolute atomic E-state index is 13.5. The zero-order chi connectivity index (χ0) is 25.4. The van der Waals surface area contributed by atoms with Crippen molar-refractivity contribution in [1.82, 2.24) is 4.98 Å². The Hall–Kier alpha value is -4.36. The van der Waals surface area contributed by atoms with E-state index in [0.717, 1.165) is 10.8 Å². The molecule has 1 saturated heterocycles. The smallest absolute Gasteiger partial charge is 0.300 e. The molecule has 0 bridgehead atoms. The van der Waals surface area contributed by atoms with Crippen LogP contribution in [0.15, 0.2) is 84.7 Å². The quantitative estimate of drug-likeness (QED) is 0.220. The standard InChI is InChI=1S/C28H21ClN2O5/c1-35-22-14-20(29)23(36-2)13-19(22)26(32)24-25(17-9-6-12-30-15-17)31(28(34)27(24)33)21-11-5-8-16-7-3-4-10-18(16)21/h3-15,25,32H,1-2H3/b26-24+. The molecule has 1 aromatic heterocycles. The third-order valence-electron chi connectivity index (χ3n) is 6.20. The van der Waals surface area contributed by atoms with E-state index in [-0.39, 0.29) is 27.7 Å². The Morgan fingerprint density at radius 1 is 0.972 bits per heavy atom. The van der Waals surface area contributed by atoms with Gasteiger partial charge in [-0.05, 0) is 29.1 Å². The summed E-state index contributed by atoms with van der Waals surface area (Å²) < 4.78 is 10.7. The second-order valence-corrected chi connectivity index (χ2v) is 8.55. The summed E-state index contributed by atoms with van der Waals surface area (Å²) in [6.07, 6.45) is 3.17. The minimum Gasteiger partial charge on any atom is -0.507 e. The average molecular weight is 501 g/mol. The van der Waals surface area contributed by atoms with Gasteiger partial charge in [0.25, 0.3) is 11.7 Å². The first-order valence-electron chi connectivity index (χ1n) is 11.1. The van der Waals surface area contributed by atoms with Crippen molar-refractivity contribution in [3.8, 4) is 11.5 Å². The van der Waals surface area contributed by atoms with Crippen LogP contribution in [0.4, 0.5) is 5.69 Å². The highest BCUT2D eigenvalue weighted by Crippen LogP contribution is 2.45. The number of aromatic nitrogens is 1. The first-order chi connectivity index (χ1) is 17.5. The van der Waals surface area contributed by atoms with Crippen molar-refractivity contribution in [3.63, 3.8) is 0 Å². The number of hydrogen-bond donors (Lipinski definition) is 1. The van der Waals surface area contributed by atoms with Crippen molar-refractivity contribution in [1.29, 1.82) is 0 Å². The van der Waals surface area contributed by atoms with Crippen molar-refractivity contribution in [2.45, 2.75) is 6.04 Å². The Bertz CT molecular complexity index is 1530. The van der Waals surface area contributed by atoms with Gasteiger partial charge in [0, 0.05) is 23.8 Å². The fourth-order valence-electron chi connectivity index (χ4n) is 4.54. The predicted molar refractivity (Wildman–Crippen MR) is 138 cm³/mol. The van der Waals surface area contributed by atoms with Crippen LogP contribution in [0.1, 0.15) is 17.2 Å². The SMILES string of the molecule is COc1cc(/C(O)=C2\C(=O)C(=O)N(c3cccc4ccccc34)C2c2cccnc2)c(OC)cc1Cl. The van der Waals surface area contributed by atoms with Gasteiger partial charge in [0.2, 0.25) is 0 Å². The summed E-state index contributed by atoms with van der Waals surface area (Å²) in [5, 5.41) is 13.5. The molecule has 0 spiro atoms. The lowest BCUT2D eigenvalue weighted by atomic mass is 9.95. The van der Waals surface area contributed by atoms with Crippen LogP contribution in [0, 0.1) is 0 Å². The van der Waals surface area contributed by atoms with Gasteiger partial charge in [0.15, 0.2) is 0 Å². The molecule has 1 unspecified atom stereocenters. The van der Waals surface area contributed by atoms with Gasteiger partial charge in [0.1, 0.15) is 17.3 Å². The highest BCUT2D eigenvalue weighted by atomic mass is 35.5. The van der Waals surface area contributed by atoms with Crippen LogP contribution in [-0.4, -0.2) is 36.0 Å². The lowest BCUT2D eigenvalue weighted by Crippen LogP contribution is -2.29. The Morgan fingerprint density at radius 3 is 2.44 bits per heavy atom. The number of pyridine rings is 1. The zero-order valence-electron chi connectivity index (χ0n) is 19.4. The summed E-state index contributed by atoms with van der Waals surface area (Å²) in [6, 6.07) is 18.6. The molecule has 1 amide bonds. The number of anilines is 1. The molecule has 1 N–H and O–H groups in total. The lowest BCUT2D eigenvalue weighted by molar-refractivity contribution is -0.132. The molecule has 0 radical (unpaired) electrons. The third kappa shape index (κ3) is 3.74. The van der Waals surface area contributed by atoms with Crippen LogP contribution < -0.4 is 14.4 Å². The summed E-state index contributed by atoms with van der Waals surface area (Å²) in [7, 11) is 2.86. The summed E-state index contributed by atoms with van der Waals surface area (Å²) in [5.41, 5.74) is 1.18. The summed E-state index contributed by atoms with van der Waals surface area (Å²) in [4.78, 5) is 32.7. The van der Waals surface area contributed by atoms with Gasteiger partial charge in [-0.25, -0.2) is 0 Å². The Balaban J connectivity index is 1.80. The molecule has 4 aromatic rings. The number of amides is 1. The van der Waals surface area contributed by atoms with Crippen LogP contribution in [0.5, 0.6) is 11.5 Å². The molecule has 1 fully saturated rings. The molecule has 3 aromatic carbocycles. The largest absolute Gasteiger partial charge is 0.507 e. The first-order valence-corrected chi connectivity index (χ1v) is 11.4. The van der Waals surface area contributed by atoms with E-state index in [1.54, 1.807) is 30.6 Å². The molecule has 1 aliphatic heterocycles. The number of ether oxygens (including phenoxy) is 2. The molecular formula is C28H21ClN2O5. The summed E-state index contributed by atoms with van der Waals surface area (Å²) in [6.45, 7) is 0. The lowest BCUT2D eigenvalue weighted by Gasteiger charge is -2.26. The Kier molecular flexibility index (Phi) is 6.08. The van der Waals surface area contributed by atoms with E-state index in [0.29, 0.717) is 11.3 Å². The second kappa shape index (κ2) is 9.36. The number of halogens is 1. The topological polar surface area (TPSA) is 89.0 Å². The van der Waals surface area contributed by atoms with E-state index in [1.165, 1.54) is 31.3 Å². The van der Waals surface area contributed by atoms with Crippen LogP contribution in [0.25, 0.3) is 16.5 Å². The highest BCUT2D eigenvalue weighted by Gasteiger charge is 2.47. The molecule has 2 heterocycles. The normalized spacial score (nSPS) is 17.0. The van der Waals surface area contributed by atoms with Crippen LogP contribution in [0.3, 0.4) is 0 Å². The van der Waals surface area contributed by atoms with Gasteiger partial charge in [-0.1, -0.05) is 54.1 Å². The molecule has 1 atom stereocenters. The second-order valence-electron chi connectivity index (χ2n) is 8.14. The van der Waals surface area contributed by atoms with Gasteiger partial charge < -0.3 is 14.6 Å². The molecule has 5 rings (SSSR count). The molecule has 36 heavy (non-hydrogen) atoms. The fourth-order valence-corrected chi connectivity index (χ4v) is 4.77. The maximum atomic E-state index is 13.5. The molecule has 8 heteroatoms. The van der Waals surface area contributed by atoms with Gasteiger partial charge in [-0.3, -0.25) is 19.5 Å². The number of aliphatic hydroxyl groups excluding tert-OH is 1. The van der Waals surface area contributed by atoms with Crippen molar-refractivity contribution in [2.24, 2.45) is 0 Å². The number of aliphatic hydroxyl groups is 1. The van der Waals surface area contributed by atoms with E-state index in [9.17, 15) is 14.7 Å². The summed E-state index contributed by atoms with van der Waals surface area (Å²) in [5.74, 6) is -1.50. The highest BCUT2D eigenvalue weighted by molar-refractivity contribution is 6.52. The van der Waals surface area contributed by atoms with E-state index < -0.39 is 23.5 Å². The Labute approximate surface area is 212 Å². The minimum atomic E-state index is -0.934. The fraction of sp³-hybridized carbons (Fsp3) is 0.107. The number of ketones is 1. The number of methoxy groups -OCH3 is 2. The van der Waals surface area contributed by atoms with Gasteiger partial charge >= 0.3 is 0 Å². The van der Waals surface area contributed by atoms with Gasteiger partial charge in [-0.2, -0.15) is 0 Å². The molecule has 7 nitrogen and oxygen atoms in total. The number of carbonyl (C=O) groups excluding carboxylic acids is 2. The van der Waals surface area contributed by atoms with E-state index in [2.05, 4.69) is 4.98 Å². The number of carbonyl (C=O) groups is 2. The molecule has 180 valence electrons. The molecular weight excluding hydrogens is 480 g/mol. The Morgan fingerprint density at radius 2 is 1.72 bits per heavy atom. The zero-order valence-corrected chi connectivity index (χ0v) is 20.2. The van der Waals surface area contributed by atoms with Gasteiger partial charge in [-0.15, -0.1) is 0 Å². The number of hydrogen-bond acceptors (Lipinski definition) is 6. The number of benzene rings is 3. The number of nitrogens with zero attached hydrogens (tertiary/aromatic N) is 2. The molecule has 0 saturated carbocycles. The summed E-state index contributed by atoms with van der Waals surface area (Å²) >= 11 is 6.24. The minimum absolute atomic E-state index is 0.0939. The van der Waals surface area contributed by atoms with Gasteiger partial charge in [0.05, 0.1) is 42.1 Å². The molecule has 0 aliphatic carbocycles. The van der Waals surface area contributed by atoms with Crippen molar-refractivity contribution in [3.05, 3.63) is 101 Å². The van der Waals surface area contributed by atoms with Crippen LogP contribution >= 0.6 is 11.6 Å². The van der Waals surface area contributed by atoms with Crippen molar-refractivity contribution < 1.29 is 24.2 Å². The maximum Gasteiger partial charge on any atom is 0.300 e. The first kappa shape index (κ1) is 23.4. The van der Waals surface area contributed by atoms with E-state index >= 15 is 0 Å². The number of fused-ring (bicyclic) bond motifs is 1. The van der Waals surface area contributed by atoms with Crippen molar-refractivity contribution in [2.75, 3.05) is 19.1 Å². The number of Topliss-reactive ketones (excluding diaryl/α,β-unsaturated/α-hetero) is 1. The van der Waals surface area contributed by atoms with Crippen LogP contribution in [0.2, 0.25) is 5.02 Å². The monoisotopic (exact) mass is 500 g/mol. The van der Waals surface area contributed by atoms with E-state index in [4.69, 9.17) is 21.1 Å². The van der Waals surface area contributed by atoms with Crippen LogP contribution in [-0.2, 0) is 9.59 Å². The number of rotatable bonds is 5. The third-order valence-corrected chi connectivity index (χ3v) is 6.50. The predicted octanol–water partition coefficient (Wildman–Crippen LogP) is 5.53.